The molecule has 0 saturated carbocycles. The Morgan fingerprint density at radius 2 is 2.25 bits per heavy atom. The monoisotopic (exact) mass is 282 g/mol. The van der Waals surface area contributed by atoms with E-state index in [9.17, 15) is 14.0 Å². The molecule has 1 aliphatic heterocycles. The minimum absolute atomic E-state index is 0.00965. The van der Waals surface area contributed by atoms with Gasteiger partial charge in [0.25, 0.3) is 5.91 Å². The van der Waals surface area contributed by atoms with Crippen LogP contribution < -0.4 is 16.0 Å². The fourth-order valence-electron chi connectivity index (χ4n) is 2.44. The fraction of sp³-hybridized carbons (Fsp3) is 0.417. The summed E-state index contributed by atoms with van der Waals surface area (Å²) >= 11 is 0. The van der Waals surface area contributed by atoms with Crippen molar-refractivity contribution in [1.82, 2.24) is 10.3 Å². The van der Waals surface area contributed by atoms with Gasteiger partial charge in [0.2, 0.25) is 0 Å². The van der Waals surface area contributed by atoms with Crippen LogP contribution in [0, 0.1) is 5.82 Å². The second-order valence-corrected chi connectivity index (χ2v) is 5.04. The van der Waals surface area contributed by atoms with Crippen molar-refractivity contribution in [3.05, 3.63) is 23.8 Å². The normalized spacial score (nSPS) is 21.8. The van der Waals surface area contributed by atoms with Gasteiger partial charge < -0.3 is 21.1 Å². The number of hydrogen-bond acceptors (Lipinski definition) is 4. The summed E-state index contributed by atoms with van der Waals surface area (Å²) in [4.78, 5) is 27.3. The number of pyridine rings is 1. The maximum absolute atomic E-state index is 13.9. The Balaban J connectivity index is 2.31. The molecule has 0 bridgehead atoms. The van der Waals surface area contributed by atoms with E-state index in [1.165, 1.54) is 6.20 Å². The molecule has 1 aliphatic rings. The van der Waals surface area contributed by atoms with Gasteiger partial charge in [-0.2, -0.15) is 0 Å². The van der Waals surface area contributed by atoms with Crippen molar-refractivity contribution >= 4 is 17.7 Å². The number of nitrogens with zero attached hydrogens (tertiary/aromatic N) is 2. The summed E-state index contributed by atoms with van der Waals surface area (Å²) in [6, 6.07) is 0. The van der Waals surface area contributed by atoms with Crippen LogP contribution in [0.2, 0.25) is 0 Å². The number of amides is 2. The Bertz CT molecular complexity index is 566. The maximum Gasteiger partial charge on any atom is 0.405 e. The lowest BCUT2D eigenvalue weighted by atomic mass is 10.0. The Morgan fingerprint density at radius 3 is 2.85 bits per heavy atom. The van der Waals surface area contributed by atoms with Gasteiger partial charge in [-0.15, -0.1) is 0 Å². The van der Waals surface area contributed by atoms with Crippen LogP contribution in [0.1, 0.15) is 23.7 Å². The highest BCUT2D eigenvalue weighted by Gasteiger charge is 2.37. The molecule has 4 N–H and O–H groups in total. The van der Waals surface area contributed by atoms with Gasteiger partial charge in [0.1, 0.15) is 0 Å². The summed E-state index contributed by atoms with van der Waals surface area (Å²) in [6.07, 6.45) is 1.57. The number of carbonyl (C=O) groups excluding carboxylic acids is 1. The number of halogens is 1. The molecule has 108 valence electrons. The van der Waals surface area contributed by atoms with Crippen molar-refractivity contribution in [3.63, 3.8) is 0 Å². The van der Waals surface area contributed by atoms with E-state index in [4.69, 9.17) is 10.8 Å². The first kappa shape index (κ1) is 14.0. The molecule has 0 aromatic carbocycles. The molecule has 0 aliphatic carbocycles. The highest BCUT2D eigenvalue weighted by molar-refractivity contribution is 5.98. The van der Waals surface area contributed by atoms with Crippen molar-refractivity contribution < 1.29 is 19.1 Å². The molecular formula is C12H15FN4O3. The largest absolute Gasteiger partial charge is 0.465 e. The van der Waals surface area contributed by atoms with Crippen molar-refractivity contribution in [1.29, 1.82) is 0 Å². The van der Waals surface area contributed by atoms with E-state index >= 15 is 0 Å². The van der Waals surface area contributed by atoms with Gasteiger partial charge in [0.05, 0.1) is 23.0 Å². The lowest BCUT2D eigenvalue weighted by Gasteiger charge is -2.26. The average Bonchev–Trinajstić information content (AvgIpc) is 2.69. The number of carbonyl (C=O) groups is 2. The van der Waals surface area contributed by atoms with Gasteiger partial charge in [-0.25, -0.2) is 9.18 Å². The third-order valence-electron chi connectivity index (χ3n) is 3.34. The second kappa shape index (κ2) is 4.95. The standard InChI is InChI=1S/C12H15FN4O3/c1-12(16-11(19)20)2-3-17(6-12)9-7(10(14)18)4-15-5-8(9)13/h4-5,16H,2-3,6H2,1H3,(H2,14,18)(H,19,20). The SMILES string of the molecule is CC1(NC(=O)O)CCN(c2c(F)cncc2C(N)=O)C1. The van der Waals surface area contributed by atoms with Crippen molar-refractivity contribution in [2.24, 2.45) is 5.73 Å². The zero-order chi connectivity index (χ0) is 14.9. The molecule has 1 unspecified atom stereocenters. The van der Waals surface area contributed by atoms with Crippen molar-refractivity contribution in [2.75, 3.05) is 18.0 Å². The molecule has 0 radical (unpaired) electrons. The molecule has 1 aromatic heterocycles. The minimum Gasteiger partial charge on any atom is -0.465 e. The maximum atomic E-state index is 13.9. The summed E-state index contributed by atoms with van der Waals surface area (Å²) in [5.74, 6) is -1.42. The Hall–Kier alpha value is -2.38. The Kier molecular flexibility index (Phi) is 3.47. The summed E-state index contributed by atoms with van der Waals surface area (Å²) in [7, 11) is 0. The van der Waals surface area contributed by atoms with Crippen LogP contribution in [-0.4, -0.2) is 40.7 Å². The number of nitrogens with two attached hydrogens (primary N) is 1. The van der Waals surface area contributed by atoms with E-state index < -0.39 is 23.4 Å². The molecule has 1 aromatic rings. The van der Waals surface area contributed by atoms with Gasteiger partial charge in [-0.3, -0.25) is 9.78 Å². The van der Waals surface area contributed by atoms with E-state index in [2.05, 4.69) is 10.3 Å². The van der Waals surface area contributed by atoms with Gasteiger partial charge in [0, 0.05) is 19.3 Å². The molecule has 2 rings (SSSR count). The van der Waals surface area contributed by atoms with Gasteiger partial charge in [0.15, 0.2) is 5.82 Å². The lowest BCUT2D eigenvalue weighted by Crippen LogP contribution is -2.47. The highest BCUT2D eigenvalue weighted by Crippen LogP contribution is 2.30. The molecule has 20 heavy (non-hydrogen) atoms. The Labute approximate surface area is 114 Å². The van der Waals surface area contributed by atoms with Crippen LogP contribution in [0.15, 0.2) is 12.4 Å². The van der Waals surface area contributed by atoms with Crippen LogP contribution >= 0.6 is 0 Å². The topological polar surface area (TPSA) is 109 Å². The Morgan fingerprint density at radius 1 is 1.55 bits per heavy atom. The van der Waals surface area contributed by atoms with Crippen LogP contribution in [0.4, 0.5) is 14.9 Å². The lowest BCUT2D eigenvalue weighted by molar-refractivity contribution is 0.1000. The summed E-state index contributed by atoms with van der Waals surface area (Å²) in [5, 5.41) is 11.2. The van der Waals surface area contributed by atoms with Crippen molar-refractivity contribution in [3.8, 4) is 0 Å². The van der Waals surface area contributed by atoms with Crippen LogP contribution in [0.25, 0.3) is 0 Å². The second-order valence-electron chi connectivity index (χ2n) is 5.04. The molecule has 8 heteroatoms. The molecule has 2 heterocycles. The van der Waals surface area contributed by atoms with Gasteiger partial charge in [-0.1, -0.05) is 0 Å². The first-order valence-electron chi connectivity index (χ1n) is 6.02. The number of primary amides is 1. The number of aromatic nitrogens is 1. The van der Waals surface area contributed by atoms with E-state index in [-0.39, 0.29) is 17.8 Å². The first-order valence-corrected chi connectivity index (χ1v) is 6.02. The number of rotatable bonds is 3. The number of hydrogen-bond donors (Lipinski definition) is 3. The molecule has 7 nitrogen and oxygen atoms in total. The van der Waals surface area contributed by atoms with E-state index in [1.54, 1.807) is 11.8 Å². The zero-order valence-corrected chi connectivity index (χ0v) is 10.9. The summed E-state index contributed by atoms with van der Waals surface area (Å²) < 4.78 is 13.9. The molecule has 1 saturated heterocycles. The van der Waals surface area contributed by atoms with Gasteiger partial charge >= 0.3 is 6.09 Å². The highest BCUT2D eigenvalue weighted by atomic mass is 19.1. The smallest absolute Gasteiger partial charge is 0.405 e. The van der Waals surface area contributed by atoms with Crippen LogP contribution in [0.5, 0.6) is 0 Å². The molecule has 1 fully saturated rings. The third kappa shape index (κ3) is 2.63. The number of anilines is 1. The first-order chi connectivity index (χ1) is 9.32. The summed E-state index contributed by atoms with van der Waals surface area (Å²) in [6.45, 7) is 2.39. The molecule has 2 amide bonds. The summed E-state index contributed by atoms with van der Waals surface area (Å²) in [5.41, 5.74) is 4.58. The molecule has 1 atom stereocenters. The van der Waals surface area contributed by atoms with Crippen molar-refractivity contribution in [2.45, 2.75) is 18.9 Å². The van der Waals surface area contributed by atoms with Crippen LogP contribution in [0.3, 0.4) is 0 Å². The van der Waals surface area contributed by atoms with E-state index in [1.807, 2.05) is 0 Å². The average molecular weight is 282 g/mol. The number of nitrogens with one attached hydrogen (secondary N) is 1. The fourth-order valence-corrected chi connectivity index (χ4v) is 2.44. The predicted octanol–water partition coefficient (Wildman–Crippen LogP) is 0.556. The van der Waals surface area contributed by atoms with Gasteiger partial charge in [-0.05, 0) is 13.3 Å². The number of carboxylic acid groups (broad SMARTS) is 1. The molecule has 0 spiro atoms. The van der Waals surface area contributed by atoms with Crippen LogP contribution in [-0.2, 0) is 0 Å². The minimum atomic E-state index is -1.14. The predicted molar refractivity (Wildman–Crippen MR) is 69.1 cm³/mol. The third-order valence-corrected chi connectivity index (χ3v) is 3.34. The molecular weight excluding hydrogens is 267 g/mol. The quantitative estimate of drug-likeness (QED) is 0.750. The van der Waals surface area contributed by atoms with E-state index in [0.29, 0.717) is 13.0 Å². The zero-order valence-electron chi connectivity index (χ0n) is 10.9. The van der Waals surface area contributed by atoms with E-state index in [0.717, 1.165) is 6.20 Å².